The Morgan fingerprint density at radius 1 is 1.55 bits per heavy atom. The van der Waals surface area contributed by atoms with Crippen LogP contribution in [0.5, 0.6) is 0 Å². The number of nitrogens with zero attached hydrogens (tertiary/aromatic N) is 1. The molecule has 1 aromatic heterocycles. The predicted octanol–water partition coefficient (Wildman–Crippen LogP) is 2.86. The first-order valence-corrected chi connectivity index (χ1v) is 3.96. The minimum atomic E-state index is 1.09. The van der Waals surface area contributed by atoms with Crippen molar-refractivity contribution >= 4 is 5.57 Å². The highest BCUT2D eigenvalue weighted by Crippen LogP contribution is 2.06. The van der Waals surface area contributed by atoms with Gasteiger partial charge >= 0.3 is 0 Å². The molecule has 0 unspecified atom stereocenters. The van der Waals surface area contributed by atoms with Gasteiger partial charge in [0.05, 0.1) is 18.2 Å². The summed E-state index contributed by atoms with van der Waals surface area (Å²) in [7, 11) is 0. The number of hydrogen-bond acceptors (Lipinski definition) is 1. The first kappa shape index (κ1) is 9.95. The lowest BCUT2D eigenvalue weighted by Gasteiger charge is -1.90. The van der Waals surface area contributed by atoms with Crippen molar-refractivity contribution in [3.05, 3.63) is 24.3 Å². The molecule has 0 aromatic carbocycles. The van der Waals surface area contributed by atoms with Crippen molar-refractivity contribution in [3.63, 3.8) is 0 Å². The lowest BCUT2D eigenvalue weighted by molar-refractivity contribution is 1.29. The fourth-order valence-corrected chi connectivity index (χ4v) is 0.627. The van der Waals surface area contributed by atoms with E-state index in [4.69, 9.17) is 0 Å². The van der Waals surface area contributed by atoms with E-state index in [-0.39, 0.29) is 0 Å². The summed E-state index contributed by atoms with van der Waals surface area (Å²) in [6, 6.07) is 0. The molecule has 0 aliphatic heterocycles. The zero-order chi connectivity index (χ0) is 8.69. The number of nitrogens with one attached hydrogen (secondary N) is 1. The standard InChI is InChI=1S/C7H10N2.C2H6/c1-3-6(2)7-4-8-5-9-7;1-2/h3-5H,1-2H3,(H,8,9);1-2H3/b6-3+;. The summed E-state index contributed by atoms with van der Waals surface area (Å²) >= 11 is 0. The van der Waals surface area contributed by atoms with Gasteiger partial charge in [-0.2, -0.15) is 0 Å². The maximum Gasteiger partial charge on any atom is 0.0924 e. The molecule has 0 atom stereocenters. The third-order valence-corrected chi connectivity index (χ3v) is 1.36. The zero-order valence-corrected chi connectivity index (χ0v) is 7.68. The quantitative estimate of drug-likeness (QED) is 0.658. The minimum absolute atomic E-state index is 1.09. The first-order chi connectivity index (χ1) is 5.34. The Labute approximate surface area is 68.4 Å². The third kappa shape index (κ3) is 3.03. The van der Waals surface area contributed by atoms with Gasteiger partial charge in [-0.1, -0.05) is 19.9 Å². The van der Waals surface area contributed by atoms with Crippen molar-refractivity contribution in [2.75, 3.05) is 0 Å². The zero-order valence-electron chi connectivity index (χ0n) is 7.68. The van der Waals surface area contributed by atoms with Gasteiger partial charge < -0.3 is 4.98 Å². The normalized spacial score (nSPS) is 10.4. The number of aromatic amines is 1. The molecule has 0 radical (unpaired) electrons. The second-order valence-corrected chi connectivity index (χ2v) is 1.94. The average Bonchev–Trinajstić information content (AvgIpc) is 2.59. The molecule has 11 heavy (non-hydrogen) atoms. The van der Waals surface area contributed by atoms with E-state index in [1.807, 2.05) is 40.0 Å². The Kier molecular flexibility index (Phi) is 5.17. The van der Waals surface area contributed by atoms with E-state index in [1.54, 1.807) is 6.33 Å². The highest BCUT2D eigenvalue weighted by molar-refractivity contribution is 5.58. The maximum absolute atomic E-state index is 3.89. The average molecular weight is 152 g/mol. The van der Waals surface area contributed by atoms with Crippen molar-refractivity contribution in [1.82, 2.24) is 9.97 Å². The van der Waals surface area contributed by atoms with Crippen LogP contribution in [0.1, 0.15) is 33.4 Å². The molecule has 1 N–H and O–H groups in total. The summed E-state index contributed by atoms with van der Waals surface area (Å²) in [5.41, 5.74) is 2.32. The number of imidazole rings is 1. The summed E-state index contributed by atoms with van der Waals surface area (Å²) in [6.45, 7) is 8.06. The number of allylic oxidation sites excluding steroid dienone is 2. The summed E-state index contributed by atoms with van der Waals surface area (Å²) in [4.78, 5) is 6.90. The Balaban J connectivity index is 0.000000461. The molecule has 2 nitrogen and oxygen atoms in total. The molecule has 0 spiro atoms. The van der Waals surface area contributed by atoms with Crippen molar-refractivity contribution < 1.29 is 0 Å². The molecule has 0 fully saturated rings. The number of rotatable bonds is 1. The molecule has 0 aliphatic rings. The van der Waals surface area contributed by atoms with Crippen molar-refractivity contribution in [1.29, 1.82) is 0 Å². The number of H-pyrrole nitrogens is 1. The molecule has 0 aliphatic carbocycles. The van der Waals surface area contributed by atoms with Crippen molar-refractivity contribution in [2.24, 2.45) is 0 Å². The number of aromatic nitrogens is 2. The van der Waals surface area contributed by atoms with Crippen LogP contribution >= 0.6 is 0 Å². The molecular weight excluding hydrogens is 136 g/mol. The summed E-state index contributed by atoms with van der Waals surface area (Å²) in [5.74, 6) is 0. The molecule has 1 heterocycles. The monoisotopic (exact) mass is 152 g/mol. The Morgan fingerprint density at radius 3 is 2.55 bits per heavy atom. The molecule has 1 rings (SSSR count). The van der Waals surface area contributed by atoms with E-state index in [2.05, 4.69) is 9.97 Å². The summed E-state index contributed by atoms with van der Waals surface area (Å²) in [6.07, 6.45) is 5.55. The van der Waals surface area contributed by atoms with Gasteiger partial charge in [0.15, 0.2) is 0 Å². The molecular formula is C9H16N2. The SMILES string of the molecule is C/C=C(\C)c1cnc[nH]1.CC. The largest absolute Gasteiger partial charge is 0.345 e. The van der Waals surface area contributed by atoms with E-state index in [1.165, 1.54) is 5.57 Å². The van der Waals surface area contributed by atoms with Crippen LogP contribution in [0.4, 0.5) is 0 Å². The molecule has 0 amide bonds. The maximum atomic E-state index is 3.89. The number of hydrogen-bond donors (Lipinski definition) is 1. The fourth-order valence-electron chi connectivity index (χ4n) is 0.627. The van der Waals surface area contributed by atoms with E-state index >= 15 is 0 Å². The smallest absolute Gasteiger partial charge is 0.0924 e. The minimum Gasteiger partial charge on any atom is -0.345 e. The molecule has 1 aromatic rings. The molecule has 0 saturated carbocycles. The van der Waals surface area contributed by atoms with Crippen LogP contribution in [0.2, 0.25) is 0 Å². The van der Waals surface area contributed by atoms with E-state index in [0.29, 0.717) is 0 Å². The van der Waals surface area contributed by atoms with Crippen LogP contribution in [-0.2, 0) is 0 Å². The lowest BCUT2D eigenvalue weighted by atomic mass is 10.2. The molecule has 0 bridgehead atoms. The third-order valence-electron chi connectivity index (χ3n) is 1.36. The highest BCUT2D eigenvalue weighted by atomic mass is 14.9. The Morgan fingerprint density at radius 2 is 2.18 bits per heavy atom. The van der Waals surface area contributed by atoms with Crippen LogP contribution in [0, 0.1) is 0 Å². The summed E-state index contributed by atoms with van der Waals surface area (Å²) in [5, 5.41) is 0. The van der Waals surface area contributed by atoms with Gasteiger partial charge in [0.2, 0.25) is 0 Å². The van der Waals surface area contributed by atoms with Crippen LogP contribution in [-0.4, -0.2) is 9.97 Å². The van der Waals surface area contributed by atoms with E-state index in [0.717, 1.165) is 5.69 Å². The van der Waals surface area contributed by atoms with Gasteiger partial charge in [0, 0.05) is 0 Å². The fraction of sp³-hybridized carbons (Fsp3) is 0.444. The first-order valence-electron chi connectivity index (χ1n) is 3.96. The second-order valence-electron chi connectivity index (χ2n) is 1.94. The Bertz CT molecular complexity index is 197. The van der Waals surface area contributed by atoms with Gasteiger partial charge in [-0.3, -0.25) is 0 Å². The van der Waals surface area contributed by atoms with Gasteiger partial charge in [-0.15, -0.1) is 0 Å². The van der Waals surface area contributed by atoms with Crippen molar-refractivity contribution in [2.45, 2.75) is 27.7 Å². The van der Waals surface area contributed by atoms with Crippen LogP contribution in [0.15, 0.2) is 18.6 Å². The van der Waals surface area contributed by atoms with Crippen LogP contribution in [0.3, 0.4) is 0 Å². The second kappa shape index (κ2) is 5.71. The predicted molar refractivity (Wildman–Crippen MR) is 49.3 cm³/mol. The van der Waals surface area contributed by atoms with Gasteiger partial charge in [0.25, 0.3) is 0 Å². The van der Waals surface area contributed by atoms with Gasteiger partial charge in [-0.05, 0) is 19.4 Å². The molecule has 0 saturated heterocycles. The highest BCUT2D eigenvalue weighted by Gasteiger charge is 1.91. The van der Waals surface area contributed by atoms with Crippen LogP contribution in [0.25, 0.3) is 5.57 Å². The Hall–Kier alpha value is -1.05. The van der Waals surface area contributed by atoms with E-state index in [9.17, 15) is 0 Å². The lowest BCUT2D eigenvalue weighted by Crippen LogP contribution is -1.74. The van der Waals surface area contributed by atoms with Gasteiger partial charge in [-0.25, -0.2) is 4.98 Å². The van der Waals surface area contributed by atoms with Crippen LogP contribution < -0.4 is 0 Å². The molecule has 2 heteroatoms. The van der Waals surface area contributed by atoms with E-state index < -0.39 is 0 Å². The molecule has 62 valence electrons. The summed E-state index contributed by atoms with van der Waals surface area (Å²) < 4.78 is 0. The van der Waals surface area contributed by atoms with Crippen molar-refractivity contribution in [3.8, 4) is 0 Å². The van der Waals surface area contributed by atoms with Gasteiger partial charge in [0.1, 0.15) is 0 Å². The topological polar surface area (TPSA) is 28.7 Å².